The number of rotatable bonds is 4. The number of fused-ring (bicyclic) bond motifs is 1. The lowest BCUT2D eigenvalue weighted by atomic mass is 9.80. The second kappa shape index (κ2) is 8.45. The van der Waals surface area contributed by atoms with Crippen molar-refractivity contribution in [2.45, 2.75) is 88.5 Å². The number of Topliss-reactive ketones (excluding diaryl/α,β-unsaturated/α-hetero) is 1. The first-order valence-electron chi connectivity index (χ1n) is 9.78. The van der Waals surface area contributed by atoms with Gasteiger partial charge in [0.1, 0.15) is 17.9 Å². The fourth-order valence-corrected chi connectivity index (χ4v) is 4.35. The summed E-state index contributed by atoms with van der Waals surface area (Å²) < 4.78 is 44.7. The molecule has 1 amide bonds. The van der Waals surface area contributed by atoms with Crippen molar-refractivity contribution >= 4 is 11.7 Å². The molecular formula is C18H28F3N3O3. The summed E-state index contributed by atoms with van der Waals surface area (Å²) in [7, 11) is 0. The topological polar surface area (TPSA) is 79.5 Å². The Morgan fingerprint density at radius 3 is 2.74 bits per heavy atom. The number of halogens is 3. The van der Waals surface area contributed by atoms with E-state index in [2.05, 4.69) is 16.0 Å². The van der Waals surface area contributed by atoms with E-state index in [4.69, 9.17) is 4.74 Å². The standard InChI is InChI=1S/C18H28F3N3O3/c1-10-8-15(18(19,20)21)24-16(23-10)6-7-22-17(26)14-9-12(25)11-4-2-3-5-13(11)27-14/h10-11,13-16,23-24H,2-9H2,1H3,(H,22,26). The summed E-state index contributed by atoms with van der Waals surface area (Å²) >= 11 is 0. The van der Waals surface area contributed by atoms with Crippen LogP contribution in [0, 0.1) is 5.92 Å². The first kappa shape index (κ1) is 20.5. The lowest BCUT2D eigenvalue weighted by Crippen LogP contribution is -2.62. The van der Waals surface area contributed by atoms with Crippen molar-refractivity contribution in [3.05, 3.63) is 0 Å². The van der Waals surface area contributed by atoms with Gasteiger partial charge in [-0.1, -0.05) is 12.8 Å². The number of ether oxygens (including phenoxy) is 1. The molecular weight excluding hydrogens is 363 g/mol. The van der Waals surface area contributed by atoms with Crippen LogP contribution in [0.25, 0.3) is 0 Å². The third kappa shape index (κ3) is 5.20. The fraction of sp³-hybridized carbons (Fsp3) is 0.889. The molecule has 0 spiro atoms. The van der Waals surface area contributed by atoms with E-state index in [0.717, 1.165) is 25.7 Å². The molecule has 6 unspecified atom stereocenters. The third-order valence-corrected chi connectivity index (χ3v) is 5.74. The minimum atomic E-state index is -4.29. The van der Waals surface area contributed by atoms with Crippen LogP contribution < -0.4 is 16.0 Å². The molecule has 3 fully saturated rings. The Hall–Kier alpha value is -1.19. The zero-order valence-electron chi connectivity index (χ0n) is 15.5. The number of alkyl halides is 3. The molecule has 2 aliphatic heterocycles. The highest BCUT2D eigenvalue weighted by atomic mass is 19.4. The van der Waals surface area contributed by atoms with Crippen LogP contribution in [0.3, 0.4) is 0 Å². The van der Waals surface area contributed by atoms with E-state index < -0.39 is 24.5 Å². The predicted molar refractivity (Wildman–Crippen MR) is 91.9 cm³/mol. The van der Waals surface area contributed by atoms with E-state index in [1.54, 1.807) is 6.92 Å². The van der Waals surface area contributed by atoms with Gasteiger partial charge in [0.25, 0.3) is 0 Å². The summed E-state index contributed by atoms with van der Waals surface area (Å²) in [6.45, 7) is 1.93. The van der Waals surface area contributed by atoms with E-state index in [1.165, 1.54) is 0 Å². The molecule has 0 aromatic heterocycles. The quantitative estimate of drug-likeness (QED) is 0.679. The van der Waals surface area contributed by atoms with Crippen LogP contribution in [-0.4, -0.2) is 54.9 Å². The number of carbonyl (C=O) groups excluding carboxylic acids is 2. The van der Waals surface area contributed by atoms with Crippen LogP contribution in [0.2, 0.25) is 0 Å². The number of hydrogen-bond donors (Lipinski definition) is 3. The van der Waals surface area contributed by atoms with Crippen molar-refractivity contribution in [2.75, 3.05) is 6.54 Å². The Balaban J connectivity index is 1.44. The molecule has 0 radical (unpaired) electrons. The first-order valence-corrected chi connectivity index (χ1v) is 9.78. The average molecular weight is 391 g/mol. The molecule has 3 N–H and O–H groups in total. The van der Waals surface area contributed by atoms with Gasteiger partial charge in [-0.2, -0.15) is 13.2 Å². The van der Waals surface area contributed by atoms with Crippen molar-refractivity contribution < 1.29 is 27.5 Å². The van der Waals surface area contributed by atoms with E-state index in [1.807, 2.05) is 0 Å². The Bertz CT molecular complexity index is 558. The molecule has 3 rings (SSSR count). The maximum absolute atomic E-state index is 12.9. The van der Waals surface area contributed by atoms with Crippen LogP contribution in [0.15, 0.2) is 0 Å². The number of ketones is 1. The molecule has 0 aromatic rings. The van der Waals surface area contributed by atoms with Crippen LogP contribution in [0.4, 0.5) is 13.2 Å². The zero-order chi connectivity index (χ0) is 19.6. The summed E-state index contributed by atoms with van der Waals surface area (Å²) in [4.78, 5) is 24.6. The molecule has 154 valence electrons. The highest BCUT2D eigenvalue weighted by Crippen LogP contribution is 2.33. The third-order valence-electron chi connectivity index (χ3n) is 5.74. The average Bonchev–Trinajstić information content (AvgIpc) is 2.60. The number of carbonyl (C=O) groups is 2. The smallest absolute Gasteiger partial charge is 0.364 e. The molecule has 6 nitrogen and oxygen atoms in total. The van der Waals surface area contributed by atoms with Gasteiger partial charge in [0.05, 0.1) is 12.3 Å². The van der Waals surface area contributed by atoms with Crippen LogP contribution in [-0.2, 0) is 14.3 Å². The SMILES string of the molecule is CC1CC(C(F)(F)F)NC(CCNC(=O)C2CC(=O)C3CCCCC3O2)N1. The molecule has 2 heterocycles. The fourth-order valence-electron chi connectivity index (χ4n) is 4.35. The Labute approximate surface area is 157 Å². The molecule has 3 aliphatic rings. The van der Waals surface area contributed by atoms with Crippen molar-refractivity contribution in [2.24, 2.45) is 5.92 Å². The summed E-state index contributed by atoms with van der Waals surface area (Å²) in [5.74, 6) is -0.355. The Morgan fingerprint density at radius 2 is 2.00 bits per heavy atom. The highest BCUT2D eigenvalue weighted by molar-refractivity contribution is 5.90. The summed E-state index contributed by atoms with van der Waals surface area (Å²) in [6, 6.07) is -1.81. The minimum absolute atomic E-state index is 0.0209. The van der Waals surface area contributed by atoms with Gasteiger partial charge in [0.2, 0.25) is 5.91 Å². The molecule has 9 heteroatoms. The van der Waals surface area contributed by atoms with Gasteiger partial charge in [-0.05, 0) is 32.6 Å². The summed E-state index contributed by atoms with van der Waals surface area (Å²) in [5, 5.41) is 8.32. The predicted octanol–water partition coefficient (Wildman–Crippen LogP) is 1.64. The second-order valence-electron chi connectivity index (χ2n) is 7.92. The van der Waals surface area contributed by atoms with E-state index in [0.29, 0.717) is 6.42 Å². The molecule has 1 saturated carbocycles. The normalized spacial score (nSPS) is 37.6. The van der Waals surface area contributed by atoms with Crippen molar-refractivity contribution in [1.29, 1.82) is 0 Å². The monoisotopic (exact) mass is 391 g/mol. The summed E-state index contributed by atoms with van der Waals surface area (Å²) in [5.41, 5.74) is 0. The van der Waals surface area contributed by atoms with Gasteiger partial charge in [0, 0.05) is 24.9 Å². The lowest BCUT2D eigenvalue weighted by Gasteiger charge is -2.38. The number of nitrogens with one attached hydrogen (secondary N) is 3. The molecule has 0 bridgehead atoms. The van der Waals surface area contributed by atoms with Crippen molar-refractivity contribution in [3.8, 4) is 0 Å². The molecule has 27 heavy (non-hydrogen) atoms. The largest absolute Gasteiger partial charge is 0.403 e. The van der Waals surface area contributed by atoms with Crippen molar-refractivity contribution in [3.63, 3.8) is 0 Å². The summed E-state index contributed by atoms with van der Waals surface area (Å²) in [6.07, 6.45) is -1.75. The van der Waals surface area contributed by atoms with Crippen LogP contribution in [0.5, 0.6) is 0 Å². The van der Waals surface area contributed by atoms with Crippen LogP contribution >= 0.6 is 0 Å². The first-order chi connectivity index (χ1) is 12.7. The van der Waals surface area contributed by atoms with E-state index >= 15 is 0 Å². The molecule has 2 saturated heterocycles. The number of hydrogen-bond acceptors (Lipinski definition) is 5. The highest BCUT2D eigenvalue weighted by Gasteiger charge is 2.44. The van der Waals surface area contributed by atoms with Gasteiger partial charge in [-0.25, -0.2) is 0 Å². The maximum Gasteiger partial charge on any atom is 0.403 e. The van der Waals surface area contributed by atoms with Gasteiger partial charge < -0.3 is 10.1 Å². The lowest BCUT2D eigenvalue weighted by molar-refractivity contribution is -0.166. The van der Waals surface area contributed by atoms with Gasteiger partial charge in [-0.15, -0.1) is 0 Å². The number of amides is 1. The molecule has 6 atom stereocenters. The second-order valence-corrected chi connectivity index (χ2v) is 7.92. The molecule has 0 aromatic carbocycles. The van der Waals surface area contributed by atoms with Gasteiger partial charge >= 0.3 is 6.18 Å². The van der Waals surface area contributed by atoms with Crippen molar-refractivity contribution in [1.82, 2.24) is 16.0 Å². The Kier molecular flexibility index (Phi) is 6.43. The van der Waals surface area contributed by atoms with Crippen LogP contribution in [0.1, 0.15) is 51.9 Å². The molecule has 1 aliphatic carbocycles. The van der Waals surface area contributed by atoms with E-state index in [9.17, 15) is 22.8 Å². The minimum Gasteiger partial charge on any atom is -0.364 e. The zero-order valence-corrected chi connectivity index (χ0v) is 15.5. The Morgan fingerprint density at radius 1 is 1.26 bits per heavy atom. The maximum atomic E-state index is 12.9. The van der Waals surface area contributed by atoms with Gasteiger partial charge in [-0.3, -0.25) is 20.2 Å². The van der Waals surface area contributed by atoms with E-state index in [-0.39, 0.29) is 49.1 Å². The van der Waals surface area contributed by atoms with Gasteiger partial charge in [0.15, 0.2) is 0 Å².